The molecule has 0 bridgehead atoms. The van der Waals surface area contributed by atoms with Crippen molar-refractivity contribution in [3.63, 3.8) is 0 Å². The lowest BCUT2D eigenvalue weighted by molar-refractivity contribution is -0.118. The minimum Gasteiger partial charge on any atom is -0.465 e. The van der Waals surface area contributed by atoms with Crippen LogP contribution in [0.25, 0.3) is 21.9 Å². The molecule has 3 rings (SSSR count). The molecule has 0 saturated heterocycles. The number of hydrogen-bond acceptors (Lipinski definition) is 5. The minimum absolute atomic E-state index is 0.0843. The van der Waals surface area contributed by atoms with Crippen LogP contribution in [0.15, 0.2) is 24.3 Å². The highest BCUT2D eigenvalue weighted by Crippen LogP contribution is 2.29. The summed E-state index contributed by atoms with van der Waals surface area (Å²) in [4.78, 5) is 31.5. The Balaban J connectivity index is 1.75. The number of rotatable bonds is 11. The van der Waals surface area contributed by atoms with Crippen LogP contribution in [-0.2, 0) is 17.8 Å². The third-order valence-electron chi connectivity index (χ3n) is 5.22. The third kappa shape index (κ3) is 5.06. The summed E-state index contributed by atoms with van der Waals surface area (Å²) in [6.07, 6.45) is 4.76. The van der Waals surface area contributed by atoms with Gasteiger partial charge < -0.3 is 20.7 Å². The summed E-state index contributed by atoms with van der Waals surface area (Å²) in [7, 11) is 0. The summed E-state index contributed by atoms with van der Waals surface area (Å²) < 4.78 is 2.26. The maximum Gasteiger partial charge on any atom is 0.405 e. The van der Waals surface area contributed by atoms with Gasteiger partial charge in [-0.15, -0.1) is 0 Å². The van der Waals surface area contributed by atoms with Gasteiger partial charge in [-0.05, 0) is 25.3 Å². The standard InChI is InChI=1S/C22H29N5O3/c1-2-3-12-18-26-19-20(16-10-6-7-11-17(16)25-21(19)23)27(18)13-8-4-5-9-15(28)14-24-22(29)30/h6-7,10-11,24H,2-5,8-9,12-14H2,1H3,(H2,23,25)(H,29,30). The number of anilines is 1. The van der Waals surface area contributed by atoms with E-state index in [0.29, 0.717) is 12.2 Å². The molecular formula is C22H29N5O3. The first-order valence-corrected chi connectivity index (χ1v) is 10.5. The summed E-state index contributed by atoms with van der Waals surface area (Å²) in [5, 5.41) is 11.7. The van der Waals surface area contributed by atoms with Crippen molar-refractivity contribution in [2.45, 2.75) is 58.4 Å². The Kier molecular flexibility index (Phi) is 7.21. The van der Waals surface area contributed by atoms with Gasteiger partial charge in [0.05, 0.1) is 17.6 Å². The lowest BCUT2D eigenvalue weighted by atomic mass is 10.1. The number of pyridine rings is 1. The molecule has 1 aromatic carbocycles. The van der Waals surface area contributed by atoms with Gasteiger partial charge in [0.25, 0.3) is 0 Å². The number of aromatic nitrogens is 3. The molecule has 0 aliphatic carbocycles. The Morgan fingerprint density at radius 1 is 1.13 bits per heavy atom. The molecule has 8 nitrogen and oxygen atoms in total. The van der Waals surface area contributed by atoms with Crippen LogP contribution in [-0.4, -0.2) is 38.1 Å². The number of para-hydroxylation sites is 1. The second-order valence-electron chi connectivity index (χ2n) is 7.50. The summed E-state index contributed by atoms with van der Waals surface area (Å²) in [5.41, 5.74) is 8.88. The zero-order valence-electron chi connectivity index (χ0n) is 17.4. The molecule has 0 atom stereocenters. The van der Waals surface area contributed by atoms with Gasteiger partial charge in [0.2, 0.25) is 0 Å². The SMILES string of the molecule is CCCCc1nc2c(N)nc3ccccc3c2n1CCCCCC(=O)CNC(=O)O. The van der Waals surface area contributed by atoms with Crippen molar-refractivity contribution in [3.05, 3.63) is 30.1 Å². The van der Waals surface area contributed by atoms with Gasteiger partial charge in [-0.3, -0.25) is 4.79 Å². The number of nitrogens with zero attached hydrogens (tertiary/aromatic N) is 3. The van der Waals surface area contributed by atoms with Gasteiger partial charge in [-0.1, -0.05) is 38.0 Å². The molecule has 0 fully saturated rings. The van der Waals surface area contributed by atoms with Gasteiger partial charge in [0.1, 0.15) is 11.3 Å². The van der Waals surface area contributed by atoms with E-state index in [4.69, 9.17) is 15.8 Å². The number of hydrogen-bond donors (Lipinski definition) is 3. The fourth-order valence-corrected chi connectivity index (χ4v) is 3.70. The summed E-state index contributed by atoms with van der Waals surface area (Å²) in [5.74, 6) is 1.40. The van der Waals surface area contributed by atoms with Crippen molar-refractivity contribution >= 4 is 39.6 Å². The number of imidazole rings is 1. The average molecular weight is 412 g/mol. The zero-order chi connectivity index (χ0) is 21.5. The maximum atomic E-state index is 11.7. The number of nitrogens with one attached hydrogen (secondary N) is 1. The number of nitrogens with two attached hydrogens (primary N) is 1. The summed E-state index contributed by atoms with van der Waals surface area (Å²) in [6.45, 7) is 2.83. The van der Waals surface area contributed by atoms with E-state index < -0.39 is 6.09 Å². The van der Waals surface area contributed by atoms with Gasteiger partial charge in [-0.25, -0.2) is 14.8 Å². The van der Waals surface area contributed by atoms with Crippen molar-refractivity contribution in [2.75, 3.05) is 12.3 Å². The Morgan fingerprint density at radius 3 is 2.70 bits per heavy atom. The predicted molar refractivity (Wildman–Crippen MR) is 118 cm³/mol. The van der Waals surface area contributed by atoms with Crippen LogP contribution < -0.4 is 11.1 Å². The molecule has 1 amide bonds. The molecule has 0 aliphatic rings. The number of aryl methyl sites for hydroxylation is 2. The number of unbranched alkanes of at least 4 members (excludes halogenated alkanes) is 3. The zero-order valence-corrected chi connectivity index (χ0v) is 17.4. The second-order valence-corrected chi connectivity index (χ2v) is 7.50. The summed E-state index contributed by atoms with van der Waals surface area (Å²) >= 11 is 0. The van der Waals surface area contributed by atoms with Crippen LogP contribution in [0.4, 0.5) is 10.6 Å². The van der Waals surface area contributed by atoms with Crippen molar-refractivity contribution in [3.8, 4) is 0 Å². The van der Waals surface area contributed by atoms with Crippen LogP contribution >= 0.6 is 0 Å². The van der Waals surface area contributed by atoms with Crippen LogP contribution in [0.5, 0.6) is 0 Å². The first kappa shape index (κ1) is 21.5. The lowest BCUT2D eigenvalue weighted by Gasteiger charge is -2.11. The Hall–Kier alpha value is -3.16. The Bertz CT molecular complexity index is 1040. The fourth-order valence-electron chi connectivity index (χ4n) is 3.70. The molecule has 0 unspecified atom stereocenters. The molecule has 0 spiro atoms. The number of carbonyl (C=O) groups is 2. The van der Waals surface area contributed by atoms with Crippen LogP contribution in [0, 0.1) is 0 Å². The van der Waals surface area contributed by atoms with Crippen molar-refractivity contribution in [1.82, 2.24) is 19.9 Å². The van der Waals surface area contributed by atoms with Crippen molar-refractivity contribution in [1.29, 1.82) is 0 Å². The maximum absolute atomic E-state index is 11.7. The van der Waals surface area contributed by atoms with E-state index in [2.05, 4.69) is 27.9 Å². The number of nitrogen functional groups attached to an aromatic ring is 1. The van der Waals surface area contributed by atoms with E-state index in [1.807, 2.05) is 18.2 Å². The van der Waals surface area contributed by atoms with Gasteiger partial charge in [0.15, 0.2) is 11.6 Å². The van der Waals surface area contributed by atoms with Gasteiger partial charge in [-0.2, -0.15) is 0 Å². The number of Topliss-reactive ketones (excluding diaryl/α,β-unsaturated/α-hetero) is 1. The first-order chi connectivity index (χ1) is 14.5. The smallest absolute Gasteiger partial charge is 0.405 e. The lowest BCUT2D eigenvalue weighted by Crippen LogP contribution is -2.27. The molecule has 30 heavy (non-hydrogen) atoms. The highest BCUT2D eigenvalue weighted by Gasteiger charge is 2.16. The second kappa shape index (κ2) is 10.0. The molecule has 8 heteroatoms. The van der Waals surface area contributed by atoms with Crippen LogP contribution in [0.3, 0.4) is 0 Å². The molecule has 2 heterocycles. The Labute approximate surface area is 175 Å². The highest BCUT2D eigenvalue weighted by atomic mass is 16.4. The Morgan fingerprint density at radius 2 is 1.93 bits per heavy atom. The largest absolute Gasteiger partial charge is 0.465 e. The molecule has 0 radical (unpaired) electrons. The van der Waals surface area contributed by atoms with E-state index >= 15 is 0 Å². The molecular weight excluding hydrogens is 382 g/mol. The van der Waals surface area contributed by atoms with E-state index in [1.165, 1.54) is 0 Å². The number of amides is 1. The number of benzene rings is 1. The van der Waals surface area contributed by atoms with Gasteiger partial charge >= 0.3 is 6.09 Å². The normalized spacial score (nSPS) is 11.2. The van der Waals surface area contributed by atoms with Crippen molar-refractivity contribution in [2.24, 2.45) is 0 Å². The molecule has 160 valence electrons. The molecule has 0 aliphatic heterocycles. The molecule has 4 N–H and O–H groups in total. The number of fused-ring (bicyclic) bond motifs is 3. The molecule has 3 aromatic rings. The predicted octanol–water partition coefficient (Wildman–Crippen LogP) is 3.91. The van der Waals surface area contributed by atoms with Crippen LogP contribution in [0.1, 0.15) is 51.3 Å². The van der Waals surface area contributed by atoms with E-state index in [0.717, 1.165) is 72.8 Å². The van der Waals surface area contributed by atoms with E-state index in [-0.39, 0.29) is 12.3 Å². The van der Waals surface area contributed by atoms with Gasteiger partial charge in [0, 0.05) is 24.8 Å². The molecule has 2 aromatic heterocycles. The number of carboxylic acid groups (broad SMARTS) is 1. The third-order valence-corrected chi connectivity index (χ3v) is 5.22. The highest BCUT2D eigenvalue weighted by molar-refractivity contribution is 6.06. The fraction of sp³-hybridized carbons (Fsp3) is 0.455. The van der Waals surface area contributed by atoms with Crippen LogP contribution in [0.2, 0.25) is 0 Å². The van der Waals surface area contributed by atoms with Crippen molar-refractivity contribution < 1.29 is 14.7 Å². The summed E-state index contributed by atoms with van der Waals surface area (Å²) in [6, 6.07) is 7.97. The monoisotopic (exact) mass is 411 g/mol. The van der Waals surface area contributed by atoms with E-state index in [9.17, 15) is 9.59 Å². The minimum atomic E-state index is -1.17. The number of ketones is 1. The number of carbonyl (C=O) groups excluding carboxylic acids is 1. The quantitative estimate of drug-likeness (QED) is 0.411. The topological polar surface area (TPSA) is 123 Å². The molecule has 0 saturated carbocycles. The van der Waals surface area contributed by atoms with E-state index in [1.54, 1.807) is 0 Å². The average Bonchev–Trinajstić information content (AvgIpc) is 3.10. The first-order valence-electron chi connectivity index (χ1n) is 10.5.